The van der Waals surface area contributed by atoms with E-state index in [0.717, 1.165) is 26.7 Å². The van der Waals surface area contributed by atoms with E-state index in [0.29, 0.717) is 34.5 Å². The molecule has 0 amide bonds. The topological polar surface area (TPSA) is 45.6 Å². The number of methoxy groups -OCH3 is 1. The molecule has 0 aliphatic rings. The van der Waals surface area contributed by atoms with Crippen LogP contribution < -0.4 is 4.74 Å². The number of halogens is 3. The Bertz CT molecular complexity index is 1330. The smallest absolute Gasteiger partial charge is 0.217 e. The van der Waals surface area contributed by atoms with Crippen LogP contribution in [0.2, 0.25) is 10.0 Å². The van der Waals surface area contributed by atoms with Gasteiger partial charge in [-0.2, -0.15) is 0 Å². The molecule has 4 nitrogen and oxygen atoms in total. The molecule has 0 saturated heterocycles. The van der Waals surface area contributed by atoms with Crippen LogP contribution in [0.25, 0.3) is 11.1 Å². The van der Waals surface area contributed by atoms with Crippen LogP contribution in [0, 0.1) is 0 Å². The van der Waals surface area contributed by atoms with E-state index in [2.05, 4.69) is 27.0 Å². The highest BCUT2D eigenvalue weighted by molar-refractivity contribution is 9.10. The van der Waals surface area contributed by atoms with Crippen LogP contribution in [0.3, 0.4) is 0 Å². The largest absolute Gasteiger partial charge is 0.481 e. The molecule has 0 fully saturated rings. The summed E-state index contributed by atoms with van der Waals surface area (Å²) in [6.45, 7) is 0.631. The van der Waals surface area contributed by atoms with Gasteiger partial charge >= 0.3 is 0 Å². The van der Waals surface area contributed by atoms with Crippen LogP contribution in [-0.2, 0) is 5.60 Å². The molecular formula is C30H29BrCl2N2O2. The second kappa shape index (κ2) is 12.0. The van der Waals surface area contributed by atoms with Gasteiger partial charge in [-0.15, -0.1) is 0 Å². The highest BCUT2D eigenvalue weighted by atomic mass is 79.9. The molecule has 192 valence electrons. The fourth-order valence-corrected chi connectivity index (χ4v) is 5.45. The molecule has 2 atom stereocenters. The van der Waals surface area contributed by atoms with Gasteiger partial charge in [-0.1, -0.05) is 81.6 Å². The molecule has 1 aromatic heterocycles. The minimum Gasteiger partial charge on any atom is -0.481 e. The van der Waals surface area contributed by atoms with Gasteiger partial charge in [-0.3, -0.25) is 0 Å². The van der Waals surface area contributed by atoms with Crippen molar-refractivity contribution in [3.63, 3.8) is 0 Å². The van der Waals surface area contributed by atoms with E-state index in [1.54, 1.807) is 31.5 Å². The van der Waals surface area contributed by atoms with E-state index in [-0.39, 0.29) is 0 Å². The van der Waals surface area contributed by atoms with Gasteiger partial charge in [-0.05, 0) is 73.6 Å². The Balaban J connectivity index is 2.00. The third-order valence-corrected chi connectivity index (χ3v) is 7.44. The molecule has 0 aliphatic carbocycles. The van der Waals surface area contributed by atoms with Crippen molar-refractivity contribution in [2.45, 2.75) is 17.9 Å². The fraction of sp³-hybridized carbons (Fsp3) is 0.233. The Hall–Kier alpha value is -2.41. The van der Waals surface area contributed by atoms with Gasteiger partial charge in [0.15, 0.2) is 0 Å². The van der Waals surface area contributed by atoms with E-state index >= 15 is 0 Å². The first-order chi connectivity index (χ1) is 17.7. The van der Waals surface area contributed by atoms with E-state index < -0.39 is 11.5 Å². The molecule has 37 heavy (non-hydrogen) atoms. The van der Waals surface area contributed by atoms with Crippen LogP contribution in [0.15, 0.2) is 89.5 Å². The molecule has 0 spiro atoms. The molecule has 0 saturated carbocycles. The van der Waals surface area contributed by atoms with Gasteiger partial charge in [0.1, 0.15) is 5.60 Å². The zero-order valence-corrected chi connectivity index (χ0v) is 24.1. The van der Waals surface area contributed by atoms with Crippen LogP contribution in [0.4, 0.5) is 0 Å². The van der Waals surface area contributed by atoms with Crippen molar-refractivity contribution < 1.29 is 9.84 Å². The summed E-state index contributed by atoms with van der Waals surface area (Å²) in [5.41, 5.74) is 2.88. The van der Waals surface area contributed by atoms with Gasteiger partial charge in [0.25, 0.3) is 0 Å². The summed E-state index contributed by atoms with van der Waals surface area (Å²) in [6, 6.07) is 25.3. The highest BCUT2D eigenvalue weighted by Crippen LogP contribution is 2.48. The summed E-state index contributed by atoms with van der Waals surface area (Å²) in [6.07, 6.45) is 2.21. The van der Waals surface area contributed by atoms with Crippen LogP contribution in [-0.4, -0.2) is 42.7 Å². The van der Waals surface area contributed by atoms with Crippen LogP contribution >= 0.6 is 39.1 Å². The van der Waals surface area contributed by atoms with Crippen molar-refractivity contribution in [3.05, 3.63) is 116 Å². The zero-order valence-electron chi connectivity index (χ0n) is 21.0. The molecule has 3 aromatic carbocycles. The summed E-state index contributed by atoms with van der Waals surface area (Å²) in [5, 5.41) is 13.7. The quantitative estimate of drug-likeness (QED) is 0.213. The standard InChI is InChI=1S/C30H29BrCl2N2O2/c1-35(2)14-13-30(36,23-16-25(32)18-26(33)17-23)28(21-7-5-4-6-8-21)27-15-22(19-34-29(27)37-3)20-9-11-24(31)12-10-20/h4-12,15-19,28,36H,13-14H2,1-3H3. The molecule has 2 unspecified atom stereocenters. The van der Waals surface area contributed by atoms with Gasteiger partial charge in [0.05, 0.1) is 7.11 Å². The maximum atomic E-state index is 12.7. The second-order valence-corrected chi connectivity index (χ2v) is 11.1. The second-order valence-electron chi connectivity index (χ2n) is 9.31. The Morgan fingerprint density at radius 2 is 1.59 bits per heavy atom. The number of benzene rings is 3. The number of hydrogen-bond donors (Lipinski definition) is 1. The molecule has 0 radical (unpaired) electrons. The number of ether oxygens (including phenoxy) is 1. The summed E-state index contributed by atoms with van der Waals surface area (Å²) >= 11 is 16.4. The minimum atomic E-state index is -1.38. The Morgan fingerprint density at radius 3 is 2.19 bits per heavy atom. The molecule has 0 aliphatic heterocycles. The molecule has 1 heterocycles. The molecule has 0 bridgehead atoms. The monoisotopic (exact) mass is 598 g/mol. The first-order valence-corrected chi connectivity index (χ1v) is 13.4. The maximum Gasteiger partial charge on any atom is 0.217 e. The van der Waals surface area contributed by atoms with Gasteiger partial charge < -0.3 is 14.7 Å². The maximum absolute atomic E-state index is 12.7. The van der Waals surface area contributed by atoms with Gasteiger partial charge in [0.2, 0.25) is 5.88 Å². The van der Waals surface area contributed by atoms with E-state index in [1.165, 1.54) is 0 Å². The SMILES string of the molecule is COc1ncc(-c2ccc(Br)cc2)cc1C(c1ccccc1)C(O)(CCN(C)C)c1cc(Cl)cc(Cl)c1. The van der Waals surface area contributed by atoms with E-state index in [9.17, 15) is 5.11 Å². The van der Waals surface area contributed by atoms with Crippen LogP contribution in [0.1, 0.15) is 29.0 Å². The van der Waals surface area contributed by atoms with Gasteiger partial charge in [0, 0.05) is 44.3 Å². The minimum absolute atomic E-state index is 0.419. The van der Waals surface area contributed by atoms with Crippen molar-refractivity contribution in [2.24, 2.45) is 0 Å². The molecule has 1 N–H and O–H groups in total. The van der Waals surface area contributed by atoms with Gasteiger partial charge in [-0.25, -0.2) is 4.98 Å². The number of pyridine rings is 1. The number of nitrogens with zero attached hydrogens (tertiary/aromatic N) is 2. The lowest BCUT2D eigenvalue weighted by Gasteiger charge is -2.39. The first kappa shape index (κ1) is 27.6. The molecule has 4 rings (SSSR count). The predicted molar refractivity (Wildman–Crippen MR) is 156 cm³/mol. The van der Waals surface area contributed by atoms with Crippen molar-refractivity contribution in [1.29, 1.82) is 0 Å². The average Bonchev–Trinajstić information content (AvgIpc) is 2.88. The van der Waals surface area contributed by atoms with Crippen molar-refractivity contribution in [2.75, 3.05) is 27.7 Å². The summed E-state index contributed by atoms with van der Waals surface area (Å²) < 4.78 is 6.77. The van der Waals surface area contributed by atoms with E-state index in [4.69, 9.17) is 27.9 Å². The lowest BCUT2D eigenvalue weighted by Crippen LogP contribution is -2.38. The summed E-state index contributed by atoms with van der Waals surface area (Å²) in [4.78, 5) is 6.72. The highest BCUT2D eigenvalue weighted by Gasteiger charge is 2.42. The molecule has 4 aromatic rings. The summed E-state index contributed by atoms with van der Waals surface area (Å²) in [7, 11) is 5.57. The Kier molecular flexibility index (Phi) is 8.94. The first-order valence-electron chi connectivity index (χ1n) is 11.9. The van der Waals surface area contributed by atoms with Crippen molar-refractivity contribution in [1.82, 2.24) is 9.88 Å². The summed E-state index contributed by atoms with van der Waals surface area (Å²) in [5.74, 6) is -0.0767. The average molecular weight is 600 g/mol. The van der Waals surface area contributed by atoms with E-state index in [1.807, 2.05) is 73.6 Å². The zero-order chi connectivity index (χ0) is 26.6. The third kappa shape index (κ3) is 6.36. The number of aromatic nitrogens is 1. The normalized spacial score (nSPS) is 13.8. The lowest BCUT2D eigenvalue weighted by atomic mass is 9.71. The number of rotatable bonds is 9. The van der Waals surface area contributed by atoms with Crippen molar-refractivity contribution >= 4 is 39.1 Å². The molecular weight excluding hydrogens is 571 g/mol. The van der Waals surface area contributed by atoms with Crippen molar-refractivity contribution in [3.8, 4) is 17.0 Å². The third-order valence-electron chi connectivity index (χ3n) is 6.47. The van der Waals surface area contributed by atoms with Crippen LogP contribution in [0.5, 0.6) is 5.88 Å². The molecule has 7 heteroatoms. The Labute approximate surface area is 237 Å². The number of hydrogen-bond acceptors (Lipinski definition) is 4. The number of aliphatic hydroxyl groups is 1. The lowest BCUT2D eigenvalue weighted by molar-refractivity contribution is 0.00378. The fourth-order valence-electron chi connectivity index (χ4n) is 4.66. The Morgan fingerprint density at radius 1 is 0.946 bits per heavy atom. The predicted octanol–water partition coefficient (Wildman–Crippen LogP) is 7.80.